The van der Waals surface area contributed by atoms with Crippen molar-refractivity contribution in [2.45, 2.75) is 65.1 Å². The number of nitrogens with one attached hydrogen (secondary N) is 3. The van der Waals surface area contributed by atoms with Gasteiger partial charge in [0.25, 0.3) is 11.8 Å². The number of pyridine rings is 1. The lowest BCUT2D eigenvalue weighted by atomic mass is 9.98. The summed E-state index contributed by atoms with van der Waals surface area (Å²) in [6.45, 7) is 8.99. The molecule has 1 aromatic heterocycles. The van der Waals surface area contributed by atoms with Crippen molar-refractivity contribution < 1.29 is 23.6 Å². The highest BCUT2D eigenvalue weighted by Crippen LogP contribution is 2.10. The molecule has 0 bridgehead atoms. The number of nitrogens with zero attached hydrogens (tertiary/aromatic N) is 1. The number of benzene rings is 1. The van der Waals surface area contributed by atoms with Gasteiger partial charge in [-0.2, -0.15) is 0 Å². The summed E-state index contributed by atoms with van der Waals surface area (Å²) in [5.74, 6) is -3.55. The third-order valence-electron chi connectivity index (χ3n) is 4.92. The number of halogens is 1. The van der Waals surface area contributed by atoms with Crippen LogP contribution in [0.2, 0.25) is 0 Å². The van der Waals surface area contributed by atoms with Crippen molar-refractivity contribution in [1.29, 1.82) is 0 Å². The Morgan fingerprint density at radius 3 is 2.20 bits per heavy atom. The zero-order valence-corrected chi connectivity index (χ0v) is 20.7. The Bertz CT molecular complexity index is 1050. The summed E-state index contributed by atoms with van der Waals surface area (Å²) in [4.78, 5) is 55.1. The van der Waals surface area contributed by atoms with E-state index in [2.05, 4.69) is 20.9 Å². The van der Waals surface area contributed by atoms with Gasteiger partial charge in [-0.15, -0.1) is 0 Å². The molecule has 0 aliphatic heterocycles. The Kier molecular flexibility index (Phi) is 9.62. The molecule has 2 aromatic rings. The summed E-state index contributed by atoms with van der Waals surface area (Å²) in [6.07, 6.45) is 2.53. The Morgan fingerprint density at radius 1 is 0.971 bits per heavy atom. The second-order valence-corrected chi connectivity index (χ2v) is 9.87. The van der Waals surface area contributed by atoms with Gasteiger partial charge in [0.15, 0.2) is 0 Å². The van der Waals surface area contributed by atoms with Crippen LogP contribution in [-0.2, 0) is 20.8 Å². The smallest absolute Gasteiger partial charge is 0.290 e. The van der Waals surface area contributed by atoms with Crippen LogP contribution in [0.25, 0.3) is 0 Å². The minimum Gasteiger partial charge on any atom is -0.345 e. The largest absolute Gasteiger partial charge is 0.345 e. The molecular formula is C26H33FN4O4. The molecule has 2 atom stereocenters. The number of carbonyl (C=O) groups excluding carboxylic acids is 4. The predicted octanol–water partition coefficient (Wildman–Crippen LogP) is 2.58. The number of hydrogen-bond donors (Lipinski definition) is 3. The number of hydrogen-bond acceptors (Lipinski definition) is 5. The summed E-state index contributed by atoms with van der Waals surface area (Å²) in [6, 6.07) is 7.85. The number of aromatic nitrogens is 1. The minimum atomic E-state index is -1.14. The predicted molar refractivity (Wildman–Crippen MR) is 130 cm³/mol. The topological polar surface area (TPSA) is 117 Å². The fraction of sp³-hybridized carbons (Fsp3) is 0.423. The van der Waals surface area contributed by atoms with E-state index in [1.54, 1.807) is 45.0 Å². The Hall–Kier alpha value is -3.62. The summed E-state index contributed by atoms with van der Waals surface area (Å²) < 4.78 is 13.5. The second kappa shape index (κ2) is 12.2. The molecule has 0 fully saturated rings. The monoisotopic (exact) mass is 484 g/mol. The molecule has 1 heterocycles. The number of amides is 3. The summed E-state index contributed by atoms with van der Waals surface area (Å²) in [5.41, 5.74) is 0.0827. The van der Waals surface area contributed by atoms with Crippen LogP contribution in [0.4, 0.5) is 4.39 Å². The molecule has 0 aliphatic rings. The van der Waals surface area contributed by atoms with E-state index in [4.69, 9.17) is 0 Å². The highest BCUT2D eigenvalue weighted by molar-refractivity contribution is 6.38. The van der Waals surface area contributed by atoms with Crippen molar-refractivity contribution in [2.24, 2.45) is 5.92 Å². The molecule has 2 rings (SSSR count). The third kappa shape index (κ3) is 9.27. The van der Waals surface area contributed by atoms with Crippen LogP contribution in [0, 0.1) is 11.7 Å². The van der Waals surface area contributed by atoms with E-state index in [9.17, 15) is 23.6 Å². The zero-order valence-electron chi connectivity index (χ0n) is 20.7. The van der Waals surface area contributed by atoms with Crippen molar-refractivity contribution in [3.63, 3.8) is 0 Å². The molecule has 188 valence electrons. The molecule has 0 spiro atoms. The summed E-state index contributed by atoms with van der Waals surface area (Å²) in [7, 11) is 0. The van der Waals surface area contributed by atoms with E-state index in [0.717, 1.165) is 17.8 Å². The first kappa shape index (κ1) is 27.6. The Balaban J connectivity index is 2.25. The maximum absolute atomic E-state index is 13.5. The van der Waals surface area contributed by atoms with Gasteiger partial charge in [0, 0.05) is 18.2 Å². The standard InChI is InChI=1S/C26H33FN4O4/c1-16(2)11-21(30-23(33)18-13-19(27)15-28-14-18)24(34)29-20(12-17-9-7-6-8-10-17)22(32)25(35)31-26(3,4)5/h6-10,13-16,20-21H,11-12H2,1-5H3,(H,29,34)(H,30,33)(H,31,35)/t20?,21-/m0/s1. The number of Topliss-reactive ketones (excluding diaryl/α,β-unsaturated/α-hetero) is 1. The zero-order chi connectivity index (χ0) is 26.2. The summed E-state index contributed by atoms with van der Waals surface area (Å²) in [5, 5.41) is 7.88. The lowest BCUT2D eigenvalue weighted by Crippen LogP contribution is -2.56. The SMILES string of the molecule is CC(C)C[C@H](NC(=O)c1cncc(F)c1)C(=O)NC(Cc1ccccc1)C(=O)C(=O)NC(C)(C)C. The molecule has 0 saturated carbocycles. The fourth-order valence-corrected chi connectivity index (χ4v) is 3.37. The van der Waals surface area contributed by atoms with Crippen LogP contribution in [0.1, 0.15) is 57.0 Å². The van der Waals surface area contributed by atoms with Gasteiger partial charge >= 0.3 is 0 Å². The fourth-order valence-electron chi connectivity index (χ4n) is 3.37. The van der Waals surface area contributed by atoms with Crippen molar-refractivity contribution in [3.05, 3.63) is 65.7 Å². The van der Waals surface area contributed by atoms with E-state index in [1.807, 2.05) is 19.9 Å². The number of carbonyl (C=O) groups is 4. The molecule has 0 aliphatic carbocycles. The average Bonchev–Trinajstić information content (AvgIpc) is 2.76. The van der Waals surface area contributed by atoms with Crippen LogP contribution < -0.4 is 16.0 Å². The minimum absolute atomic E-state index is 0.0177. The Morgan fingerprint density at radius 2 is 1.63 bits per heavy atom. The van der Waals surface area contributed by atoms with Crippen molar-refractivity contribution in [3.8, 4) is 0 Å². The van der Waals surface area contributed by atoms with E-state index in [-0.39, 0.29) is 24.3 Å². The van der Waals surface area contributed by atoms with Gasteiger partial charge < -0.3 is 16.0 Å². The van der Waals surface area contributed by atoms with Crippen molar-refractivity contribution in [2.75, 3.05) is 0 Å². The molecular weight excluding hydrogens is 451 g/mol. The first-order valence-electron chi connectivity index (χ1n) is 11.5. The molecule has 1 aromatic carbocycles. The van der Waals surface area contributed by atoms with Crippen LogP contribution in [0.15, 0.2) is 48.8 Å². The van der Waals surface area contributed by atoms with Crippen molar-refractivity contribution in [1.82, 2.24) is 20.9 Å². The molecule has 1 unspecified atom stereocenters. The molecule has 35 heavy (non-hydrogen) atoms. The Labute approximate surface area is 205 Å². The van der Waals surface area contributed by atoms with Gasteiger partial charge in [-0.1, -0.05) is 44.2 Å². The number of rotatable bonds is 10. The average molecular weight is 485 g/mol. The molecule has 0 radical (unpaired) electrons. The van der Waals surface area contributed by atoms with E-state index < -0.39 is 46.9 Å². The van der Waals surface area contributed by atoms with Gasteiger partial charge in [-0.05, 0) is 44.7 Å². The number of ketones is 1. The maximum Gasteiger partial charge on any atom is 0.290 e. The first-order valence-corrected chi connectivity index (χ1v) is 11.5. The third-order valence-corrected chi connectivity index (χ3v) is 4.92. The molecule has 9 heteroatoms. The van der Waals surface area contributed by atoms with Crippen LogP contribution >= 0.6 is 0 Å². The van der Waals surface area contributed by atoms with E-state index in [0.29, 0.717) is 0 Å². The highest BCUT2D eigenvalue weighted by Gasteiger charge is 2.32. The van der Waals surface area contributed by atoms with E-state index >= 15 is 0 Å². The van der Waals surface area contributed by atoms with Crippen LogP contribution in [0.5, 0.6) is 0 Å². The molecule has 0 saturated heterocycles. The quantitative estimate of drug-likeness (QED) is 0.448. The second-order valence-electron chi connectivity index (χ2n) is 9.87. The molecule has 3 N–H and O–H groups in total. The molecule has 8 nitrogen and oxygen atoms in total. The lowest BCUT2D eigenvalue weighted by molar-refractivity contribution is -0.141. The van der Waals surface area contributed by atoms with Crippen LogP contribution in [-0.4, -0.2) is 46.1 Å². The van der Waals surface area contributed by atoms with Crippen molar-refractivity contribution >= 4 is 23.5 Å². The first-order chi connectivity index (χ1) is 16.4. The van der Waals surface area contributed by atoms with Gasteiger partial charge in [-0.3, -0.25) is 24.2 Å². The highest BCUT2D eigenvalue weighted by atomic mass is 19.1. The van der Waals surface area contributed by atoms with Gasteiger partial charge in [0.05, 0.1) is 11.8 Å². The normalized spacial score (nSPS) is 13.0. The molecule has 3 amide bonds. The lowest BCUT2D eigenvalue weighted by Gasteiger charge is -2.25. The summed E-state index contributed by atoms with van der Waals surface area (Å²) >= 11 is 0. The van der Waals surface area contributed by atoms with Crippen LogP contribution in [0.3, 0.4) is 0 Å². The van der Waals surface area contributed by atoms with Gasteiger partial charge in [-0.25, -0.2) is 4.39 Å². The maximum atomic E-state index is 13.5. The van der Waals surface area contributed by atoms with Gasteiger partial charge in [0.1, 0.15) is 17.9 Å². The van der Waals surface area contributed by atoms with E-state index in [1.165, 1.54) is 6.20 Å². The van der Waals surface area contributed by atoms with Gasteiger partial charge in [0.2, 0.25) is 11.7 Å².